The molecule has 26 heavy (non-hydrogen) atoms. The Bertz CT molecular complexity index is 1060. The fourth-order valence-electron chi connectivity index (χ4n) is 2.92. The predicted octanol–water partition coefficient (Wildman–Crippen LogP) is 2.56. The predicted molar refractivity (Wildman–Crippen MR) is 106 cm³/mol. The maximum Gasteiger partial charge on any atom is 0.175 e. The van der Waals surface area contributed by atoms with Gasteiger partial charge in [0.2, 0.25) is 0 Å². The number of imidazole rings is 1. The largest absolute Gasteiger partial charge is 0.389 e. The van der Waals surface area contributed by atoms with Crippen LogP contribution in [0, 0.1) is 0 Å². The van der Waals surface area contributed by atoms with Crippen molar-refractivity contribution in [2.24, 2.45) is 5.73 Å². The number of nitrogens with zero attached hydrogens (tertiary/aromatic N) is 2. The third-order valence-electron chi connectivity index (χ3n) is 4.15. The molecule has 7 heteroatoms. The fraction of sp³-hybridized carbons (Fsp3) is 0.158. The third kappa shape index (κ3) is 4.00. The van der Waals surface area contributed by atoms with Crippen LogP contribution in [0.2, 0.25) is 0 Å². The Hall–Kier alpha value is -2.51. The normalized spacial score (nSPS) is 11.4. The summed E-state index contributed by atoms with van der Waals surface area (Å²) in [6, 6.07) is 14.7. The van der Waals surface area contributed by atoms with Crippen LogP contribution >= 0.6 is 12.2 Å². The van der Waals surface area contributed by atoms with Crippen LogP contribution in [0.3, 0.4) is 0 Å². The molecule has 0 spiro atoms. The molecule has 0 aliphatic heterocycles. The third-order valence-corrected chi connectivity index (χ3v) is 5.56. The topological polar surface area (TPSA) is 78.0 Å². The van der Waals surface area contributed by atoms with Crippen molar-refractivity contribution < 1.29 is 8.42 Å². The molecule has 5 nitrogen and oxygen atoms in total. The van der Waals surface area contributed by atoms with E-state index in [1.54, 1.807) is 18.3 Å². The number of hydrogen-bond donors (Lipinski definition) is 1. The molecule has 1 aromatic heterocycles. The highest BCUT2D eigenvalue weighted by atomic mass is 32.2. The van der Waals surface area contributed by atoms with Gasteiger partial charge in [0.25, 0.3) is 0 Å². The monoisotopic (exact) mass is 385 g/mol. The molecule has 0 amide bonds. The second kappa shape index (κ2) is 7.39. The molecule has 3 aromatic rings. The summed E-state index contributed by atoms with van der Waals surface area (Å²) in [7, 11) is -3.30. The number of aromatic nitrogens is 2. The molecule has 1 heterocycles. The minimum atomic E-state index is -3.30. The van der Waals surface area contributed by atoms with Crippen molar-refractivity contribution in [1.29, 1.82) is 0 Å². The molecule has 0 aliphatic carbocycles. The highest BCUT2D eigenvalue weighted by molar-refractivity contribution is 7.90. The molecule has 134 valence electrons. The lowest BCUT2D eigenvalue weighted by molar-refractivity contribution is 0.600. The highest BCUT2D eigenvalue weighted by Gasteiger charge is 2.15. The van der Waals surface area contributed by atoms with Crippen molar-refractivity contribution in [1.82, 2.24) is 9.55 Å². The van der Waals surface area contributed by atoms with E-state index in [9.17, 15) is 8.42 Å². The van der Waals surface area contributed by atoms with Gasteiger partial charge < -0.3 is 10.3 Å². The zero-order valence-electron chi connectivity index (χ0n) is 14.3. The number of hydrogen-bond acceptors (Lipinski definition) is 4. The van der Waals surface area contributed by atoms with Gasteiger partial charge in [0, 0.05) is 37.2 Å². The van der Waals surface area contributed by atoms with Gasteiger partial charge >= 0.3 is 0 Å². The molecule has 0 bridgehead atoms. The average molecular weight is 386 g/mol. The molecule has 0 fully saturated rings. The van der Waals surface area contributed by atoms with E-state index in [1.807, 2.05) is 47.2 Å². The summed E-state index contributed by atoms with van der Waals surface area (Å²) in [6.07, 6.45) is 5.22. The summed E-state index contributed by atoms with van der Waals surface area (Å²) < 4.78 is 26.0. The molecule has 0 aliphatic rings. The van der Waals surface area contributed by atoms with Gasteiger partial charge in [-0.05, 0) is 17.2 Å². The van der Waals surface area contributed by atoms with Gasteiger partial charge in [0.05, 0.1) is 4.90 Å². The molecule has 0 saturated carbocycles. The lowest BCUT2D eigenvalue weighted by Crippen LogP contribution is -2.15. The molecule has 0 radical (unpaired) electrons. The average Bonchev–Trinajstić information content (AvgIpc) is 3.01. The van der Waals surface area contributed by atoms with E-state index in [0.29, 0.717) is 22.8 Å². The molecule has 0 unspecified atom stereocenters. The van der Waals surface area contributed by atoms with Gasteiger partial charge in [-0.25, -0.2) is 13.4 Å². The van der Waals surface area contributed by atoms with Crippen LogP contribution in [0.1, 0.15) is 22.5 Å². The second-order valence-electron chi connectivity index (χ2n) is 6.05. The lowest BCUT2D eigenvalue weighted by atomic mass is 10.1. The minimum Gasteiger partial charge on any atom is -0.389 e. The summed E-state index contributed by atoms with van der Waals surface area (Å²) in [4.78, 5) is 5.09. The van der Waals surface area contributed by atoms with E-state index in [4.69, 9.17) is 18.0 Å². The smallest absolute Gasteiger partial charge is 0.175 e. The van der Waals surface area contributed by atoms with E-state index in [1.165, 1.54) is 6.26 Å². The summed E-state index contributed by atoms with van der Waals surface area (Å²) in [5.74, 6) is 0.777. The Balaban J connectivity index is 1.93. The summed E-state index contributed by atoms with van der Waals surface area (Å²) in [6.45, 7) is 0.559. The molecule has 0 atom stereocenters. The number of rotatable bonds is 6. The molecule has 2 aromatic carbocycles. The van der Waals surface area contributed by atoms with Crippen molar-refractivity contribution >= 4 is 27.0 Å². The molecular weight excluding hydrogens is 366 g/mol. The zero-order valence-corrected chi connectivity index (χ0v) is 15.9. The Morgan fingerprint density at radius 3 is 2.46 bits per heavy atom. The molecule has 3 rings (SSSR count). The van der Waals surface area contributed by atoms with Crippen molar-refractivity contribution in [3.63, 3.8) is 0 Å². The highest BCUT2D eigenvalue weighted by Crippen LogP contribution is 2.19. The second-order valence-corrected chi connectivity index (χ2v) is 8.47. The molecular formula is C19H19N3O2S2. The minimum absolute atomic E-state index is 0.332. The SMILES string of the molecule is CS(=O)(=O)c1ccccc1Cc1nccn1Cc1ccccc1C(N)=S. The van der Waals surface area contributed by atoms with Crippen molar-refractivity contribution in [3.05, 3.63) is 83.4 Å². The van der Waals surface area contributed by atoms with E-state index >= 15 is 0 Å². The van der Waals surface area contributed by atoms with Crippen molar-refractivity contribution in [2.45, 2.75) is 17.9 Å². The van der Waals surface area contributed by atoms with Gasteiger partial charge in [-0.15, -0.1) is 0 Å². The van der Waals surface area contributed by atoms with Crippen LogP contribution in [-0.4, -0.2) is 29.2 Å². The van der Waals surface area contributed by atoms with Crippen molar-refractivity contribution in [2.75, 3.05) is 6.26 Å². The summed E-state index contributed by atoms with van der Waals surface area (Å²) in [5, 5.41) is 0. The van der Waals surface area contributed by atoms with Crippen LogP contribution in [0.25, 0.3) is 0 Å². The summed E-state index contributed by atoms with van der Waals surface area (Å²) >= 11 is 5.13. The van der Waals surface area contributed by atoms with Crippen LogP contribution in [0.4, 0.5) is 0 Å². The Kier molecular flexibility index (Phi) is 5.20. The number of thiocarbonyl (C=S) groups is 1. The number of benzene rings is 2. The van der Waals surface area contributed by atoms with E-state index < -0.39 is 9.84 Å². The Morgan fingerprint density at radius 1 is 1.12 bits per heavy atom. The number of sulfone groups is 1. The summed E-state index contributed by atoms with van der Waals surface area (Å²) in [5.41, 5.74) is 8.37. The first-order valence-electron chi connectivity index (χ1n) is 8.02. The molecule has 0 saturated heterocycles. The first kappa shape index (κ1) is 18.3. The maximum absolute atomic E-state index is 12.0. The van der Waals surface area contributed by atoms with Crippen LogP contribution in [0.15, 0.2) is 65.8 Å². The van der Waals surface area contributed by atoms with Gasteiger partial charge in [0.15, 0.2) is 9.84 Å². The first-order valence-corrected chi connectivity index (χ1v) is 10.3. The first-order chi connectivity index (χ1) is 12.4. The van der Waals surface area contributed by atoms with Gasteiger partial charge in [-0.1, -0.05) is 54.7 Å². The van der Waals surface area contributed by atoms with E-state index in [2.05, 4.69) is 4.98 Å². The zero-order chi connectivity index (χ0) is 18.7. The van der Waals surface area contributed by atoms with Gasteiger partial charge in [-0.2, -0.15) is 0 Å². The Morgan fingerprint density at radius 2 is 1.77 bits per heavy atom. The van der Waals surface area contributed by atoms with Gasteiger partial charge in [0.1, 0.15) is 10.8 Å². The Labute approximate surface area is 158 Å². The quantitative estimate of drug-likeness (QED) is 0.660. The van der Waals surface area contributed by atoms with Crippen molar-refractivity contribution in [3.8, 4) is 0 Å². The van der Waals surface area contributed by atoms with E-state index in [0.717, 1.165) is 22.5 Å². The fourth-order valence-corrected chi connectivity index (χ4v) is 4.06. The van der Waals surface area contributed by atoms with Crippen LogP contribution < -0.4 is 5.73 Å². The standard InChI is InChI=1S/C19H19N3O2S2/c1-26(23,24)17-9-5-3-6-14(17)12-18-21-10-11-22(18)13-15-7-2-4-8-16(15)19(20)25/h2-11H,12-13H2,1H3,(H2,20,25). The molecule has 2 N–H and O–H groups in total. The lowest BCUT2D eigenvalue weighted by Gasteiger charge is -2.13. The number of nitrogens with two attached hydrogens (primary N) is 1. The van der Waals surface area contributed by atoms with E-state index in [-0.39, 0.29) is 0 Å². The van der Waals surface area contributed by atoms with Gasteiger partial charge in [-0.3, -0.25) is 0 Å². The van der Waals surface area contributed by atoms with Crippen LogP contribution in [0.5, 0.6) is 0 Å². The van der Waals surface area contributed by atoms with Crippen LogP contribution in [-0.2, 0) is 22.8 Å². The maximum atomic E-state index is 12.0.